The lowest BCUT2D eigenvalue weighted by Gasteiger charge is -2.14. The third-order valence-corrected chi connectivity index (χ3v) is 5.81. The molecule has 112 valence electrons. The molecule has 2 aromatic heterocycles. The number of hydrogen-bond acceptors (Lipinski definition) is 4. The number of hydrogen-bond donors (Lipinski definition) is 1. The second kappa shape index (κ2) is 5.48. The summed E-state index contributed by atoms with van der Waals surface area (Å²) >= 11 is 7.26. The molecule has 0 saturated carbocycles. The van der Waals surface area contributed by atoms with Crippen LogP contribution in [0.3, 0.4) is 0 Å². The van der Waals surface area contributed by atoms with Crippen LogP contribution in [-0.2, 0) is 19.4 Å². The van der Waals surface area contributed by atoms with Gasteiger partial charge in [-0.3, -0.25) is 4.57 Å². The van der Waals surface area contributed by atoms with Crippen molar-refractivity contribution in [2.24, 2.45) is 0 Å². The molecule has 4 rings (SSSR count). The van der Waals surface area contributed by atoms with Crippen LogP contribution in [0.2, 0.25) is 0 Å². The minimum absolute atomic E-state index is 0.576. The lowest BCUT2D eigenvalue weighted by Crippen LogP contribution is -2.11. The fraction of sp³-hybridized carbons (Fsp3) is 0.294. The fourth-order valence-electron chi connectivity index (χ4n) is 3.20. The van der Waals surface area contributed by atoms with Crippen molar-refractivity contribution < 1.29 is 0 Å². The number of aryl methyl sites for hydroxylation is 2. The van der Waals surface area contributed by atoms with Gasteiger partial charge in [0, 0.05) is 4.88 Å². The Bertz CT molecular complexity index is 894. The first kappa shape index (κ1) is 13.9. The number of fused-ring (bicyclic) bond motifs is 3. The van der Waals surface area contributed by atoms with E-state index >= 15 is 0 Å². The number of aromatic nitrogens is 2. The summed E-state index contributed by atoms with van der Waals surface area (Å²) in [7, 11) is 0. The predicted octanol–water partition coefficient (Wildman–Crippen LogP) is 4.34. The van der Waals surface area contributed by atoms with E-state index in [0.29, 0.717) is 11.3 Å². The largest absolute Gasteiger partial charge is 0.384 e. The zero-order valence-corrected chi connectivity index (χ0v) is 13.8. The maximum absolute atomic E-state index is 6.50. The lowest BCUT2D eigenvalue weighted by molar-refractivity contribution is 0.699. The van der Waals surface area contributed by atoms with Crippen molar-refractivity contribution in [2.75, 3.05) is 5.73 Å². The number of nitrogens with zero attached hydrogens (tertiary/aromatic N) is 2. The highest BCUT2D eigenvalue weighted by molar-refractivity contribution is 7.71. The number of rotatable bonds is 2. The van der Waals surface area contributed by atoms with Gasteiger partial charge in [0.05, 0.1) is 11.9 Å². The van der Waals surface area contributed by atoms with E-state index in [4.69, 9.17) is 18.0 Å². The van der Waals surface area contributed by atoms with Crippen LogP contribution in [0.15, 0.2) is 30.3 Å². The normalized spacial score (nSPS) is 14.2. The maximum atomic E-state index is 6.50. The average Bonchev–Trinajstić information content (AvgIpc) is 2.90. The van der Waals surface area contributed by atoms with Crippen molar-refractivity contribution in [3.8, 4) is 0 Å². The molecule has 1 aromatic carbocycles. The Kier molecular flexibility index (Phi) is 3.47. The Morgan fingerprint density at radius 1 is 1.18 bits per heavy atom. The number of benzene rings is 1. The van der Waals surface area contributed by atoms with Crippen LogP contribution < -0.4 is 5.73 Å². The molecule has 22 heavy (non-hydrogen) atoms. The minimum atomic E-state index is 0.576. The topological polar surface area (TPSA) is 43.8 Å². The van der Waals surface area contributed by atoms with E-state index in [0.717, 1.165) is 28.9 Å². The van der Waals surface area contributed by atoms with Gasteiger partial charge in [0.1, 0.15) is 10.6 Å². The summed E-state index contributed by atoms with van der Waals surface area (Å²) in [6.07, 6.45) is 4.78. The van der Waals surface area contributed by atoms with Gasteiger partial charge in [0.2, 0.25) is 4.77 Å². The van der Waals surface area contributed by atoms with Gasteiger partial charge < -0.3 is 5.73 Å². The maximum Gasteiger partial charge on any atom is 0.202 e. The molecule has 1 aliphatic carbocycles. The van der Waals surface area contributed by atoms with Crippen LogP contribution in [0.25, 0.3) is 10.2 Å². The summed E-state index contributed by atoms with van der Waals surface area (Å²) in [6.45, 7) is 0.680. The van der Waals surface area contributed by atoms with E-state index in [1.54, 1.807) is 11.3 Å². The first-order chi connectivity index (χ1) is 10.7. The monoisotopic (exact) mass is 327 g/mol. The molecule has 0 saturated heterocycles. The van der Waals surface area contributed by atoms with E-state index < -0.39 is 0 Å². The highest BCUT2D eigenvalue weighted by atomic mass is 32.1. The van der Waals surface area contributed by atoms with E-state index in [-0.39, 0.29) is 0 Å². The SMILES string of the molecule is Nc1c2c3c(sc2nc(=S)n1Cc1ccccc1)CCCC3. The number of thiophene rings is 1. The summed E-state index contributed by atoms with van der Waals surface area (Å²) in [5.41, 5.74) is 9.10. The van der Waals surface area contributed by atoms with E-state index in [1.165, 1.54) is 28.8 Å². The molecule has 5 heteroatoms. The molecule has 0 spiro atoms. The van der Waals surface area contributed by atoms with Crippen molar-refractivity contribution in [3.63, 3.8) is 0 Å². The second-order valence-corrected chi connectivity index (χ2v) is 7.19. The Hall–Kier alpha value is -1.72. The molecule has 1 aliphatic rings. The molecule has 0 amide bonds. The van der Waals surface area contributed by atoms with Crippen LogP contribution >= 0.6 is 23.6 Å². The molecular weight excluding hydrogens is 310 g/mol. The quantitative estimate of drug-likeness (QED) is 0.712. The highest BCUT2D eigenvalue weighted by Gasteiger charge is 2.20. The van der Waals surface area contributed by atoms with Crippen LogP contribution in [0.4, 0.5) is 5.82 Å². The third-order valence-electron chi connectivity index (χ3n) is 4.31. The van der Waals surface area contributed by atoms with Crippen LogP contribution in [0, 0.1) is 4.77 Å². The smallest absolute Gasteiger partial charge is 0.202 e. The summed E-state index contributed by atoms with van der Waals surface area (Å²) in [4.78, 5) is 7.12. The zero-order chi connectivity index (χ0) is 15.1. The van der Waals surface area contributed by atoms with Crippen molar-refractivity contribution in [2.45, 2.75) is 32.2 Å². The summed E-state index contributed by atoms with van der Waals surface area (Å²) in [5.74, 6) is 0.776. The Labute approximate surface area is 138 Å². The first-order valence-corrected chi connectivity index (χ1v) is 8.81. The zero-order valence-electron chi connectivity index (χ0n) is 12.2. The number of anilines is 1. The third kappa shape index (κ3) is 2.25. The van der Waals surface area contributed by atoms with Gasteiger partial charge in [0.15, 0.2) is 0 Å². The fourth-order valence-corrected chi connectivity index (χ4v) is 4.78. The molecule has 0 aliphatic heterocycles. The number of nitrogens with two attached hydrogens (primary N) is 1. The average molecular weight is 327 g/mol. The van der Waals surface area contributed by atoms with Crippen molar-refractivity contribution in [1.82, 2.24) is 9.55 Å². The minimum Gasteiger partial charge on any atom is -0.384 e. The molecule has 2 N–H and O–H groups in total. The summed E-state index contributed by atoms with van der Waals surface area (Å²) < 4.78 is 2.54. The lowest BCUT2D eigenvalue weighted by atomic mass is 9.97. The van der Waals surface area contributed by atoms with Crippen LogP contribution in [-0.4, -0.2) is 9.55 Å². The first-order valence-electron chi connectivity index (χ1n) is 7.58. The Morgan fingerprint density at radius 2 is 1.95 bits per heavy atom. The number of nitrogen functional groups attached to an aromatic ring is 1. The van der Waals surface area contributed by atoms with Gasteiger partial charge in [-0.15, -0.1) is 11.3 Å². The molecule has 0 bridgehead atoms. The summed E-state index contributed by atoms with van der Waals surface area (Å²) in [5, 5.41) is 1.14. The van der Waals surface area contributed by atoms with Crippen LogP contribution in [0.1, 0.15) is 28.8 Å². The van der Waals surface area contributed by atoms with E-state index in [9.17, 15) is 0 Å². The molecule has 3 aromatic rings. The standard InChI is InChI=1S/C17H17N3S2/c18-15-14-12-8-4-5-9-13(12)22-16(14)19-17(21)20(15)10-11-6-2-1-3-7-11/h1-3,6-7H,4-5,8-10,18H2. The Balaban J connectivity index is 1.90. The van der Waals surface area contributed by atoms with Crippen molar-refractivity contribution in [3.05, 3.63) is 51.1 Å². The molecular formula is C17H17N3S2. The van der Waals surface area contributed by atoms with E-state index in [2.05, 4.69) is 17.1 Å². The molecule has 0 fully saturated rings. The molecule has 0 unspecified atom stereocenters. The molecule has 2 heterocycles. The van der Waals surface area contributed by atoms with E-state index in [1.807, 2.05) is 22.8 Å². The van der Waals surface area contributed by atoms with Crippen molar-refractivity contribution >= 4 is 39.6 Å². The molecule has 0 radical (unpaired) electrons. The second-order valence-electron chi connectivity index (χ2n) is 5.74. The van der Waals surface area contributed by atoms with Crippen LogP contribution in [0.5, 0.6) is 0 Å². The van der Waals surface area contributed by atoms with Gasteiger partial charge >= 0.3 is 0 Å². The molecule has 3 nitrogen and oxygen atoms in total. The predicted molar refractivity (Wildman–Crippen MR) is 95.0 cm³/mol. The van der Waals surface area contributed by atoms with Gasteiger partial charge in [0.25, 0.3) is 0 Å². The van der Waals surface area contributed by atoms with Gasteiger partial charge in [-0.25, -0.2) is 4.98 Å². The Morgan fingerprint density at radius 3 is 2.77 bits per heavy atom. The van der Waals surface area contributed by atoms with Gasteiger partial charge in [-0.05, 0) is 49.0 Å². The summed E-state index contributed by atoms with van der Waals surface area (Å²) in [6, 6.07) is 10.3. The molecule has 0 atom stereocenters. The van der Waals surface area contributed by atoms with Gasteiger partial charge in [-0.2, -0.15) is 0 Å². The van der Waals surface area contributed by atoms with Gasteiger partial charge in [-0.1, -0.05) is 30.3 Å². The van der Waals surface area contributed by atoms with Crippen molar-refractivity contribution in [1.29, 1.82) is 0 Å². The highest BCUT2D eigenvalue weighted by Crippen LogP contribution is 2.38.